The first-order chi connectivity index (χ1) is 14.1. The molecule has 0 unspecified atom stereocenters. The molecule has 2 aliphatic rings. The molecule has 1 aliphatic carbocycles. The average molecular weight is 396 g/mol. The molecule has 2 aromatic rings. The van der Waals surface area contributed by atoms with Gasteiger partial charge in [-0.3, -0.25) is 9.69 Å². The molecule has 0 amide bonds. The molecule has 1 aliphatic heterocycles. The third kappa shape index (κ3) is 5.11. The number of fused-ring (bicyclic) bond motifs is 1. The molecule has 29 heavy (non-hydrogen) atoms. The van der Waals surface area contributed by atoms with Gasteiger partial charge in [-0.1, -0.05) is 31.5 Å². The van der Waals surface area contributed by atoms with E-state index in [4.69, 9.17) is 9.84 Å². The van der Waals surface area contributed by atoms with Crippen molar-refractivity contribution in [3.8, 4) is 5.75 Å². The lowest BCUT2D eigenvalue weighted by molar-refractivity contribution is -0.143. The van der Waals surface area contributed by atoms with Gasteiger partial charge >= 0.3 is 5.97 Å². The van der Waals surface area contributed by atoms with Gasteiger partial charge in [-0.15, -0.1) is 0 Å². The largest absolute Gasteiger partial charge is 0.490 e. The molecule has 1 N–H and O–H groups in total. The highest BCUT2D eigenvalue weighted by Crippen LogP contribution is 2.31. The van der Waals surface area contributed by atoms with Crippen LogP contribution in [0.4, 0.5) is 0 Å². The van der Waals surface area contributed by atoms with E-state index in [0.717, 1.165) is 44.1 Å². The van der Waals surface area contributed by atoms with Crippen molar-refractivity contribution in [1.29, 1.82) is 0 Å². The molecule has 1 saturated heterocycles. The second-order valence-corrected chi connectivity index (χ2v) is 8.90. The molecule has 2 aromatic carbocycles. The Morgan fingerprint density at radius 2 is 1.69 bits per heavy atom. The monoisotopic (exact) mass is 395 g/mol. The molecule has 4 heteroatoms. The minimum absolute atomic E-state index is 0.168. The zero-order chi connectivity index (χ0) is 20.2. The number of hydrogen-bond acceptors (Lipinski definition) is 3. The number of ether oxygens (including phenoxy) is 1. The fourth-order valence-corrected chi connectivity index (χ4v) is 4.89. The molecule has 0 spiro atoms. The third-order valence-electron chi connectivity index (χ3n) is 6.89. The van der Waals surface area contributed by atoms with Gasteiger partial charge < -0.3 is 9.84 Å². The van der Waals surface area contributed by atoms with Crippen molar-refractivity contribution in [3.63, 3.8) is 0 Å². The second kappa shape index (κ2) is 9.17. The Hall–Kier alpha value is -2.07. The maximum Gasteiger partial charge on any atom is 0.306 e. The lowest BCUT2D eigenvalue weighted by Gasteiger charge is -2.30. The van der Waals surface area contributed by atoms with Gasteiger partial charge in [0.1, 0.15) is 5.75 Å². The Morgan fingerprint density at radius 1 is 1.00 bits per heavy atom. The van der Waals surface area contributed by atoms with Crippen LogP contribution in [0.15, 0.2) is 36.4 Å². The topological polar surface area (TPSA) is 49.8 Å². The van der Waals surface area contributed by atoms with E-state index in [0.29, 0.717) is 6.10 Å². The van der Waals surface area contributed by atoms with Crippen molar-refractivity contribution >= 4 is 16.7 Å². The average Bonchev–Trinajstić information content (AvgIpc) is 2.75. The molecule has 4 nitrogen and oxygen atoms in total. The highest BCUT2D eigenvalue weighted by atomic mass is 16.5. The van der Waals surface area contributed by atoms with Crippen LogP contribution in [-0.4, -0.2) is 35.2 Å². The summed E-state index contributed by atoms with van der Waals surface area (Å²) in [6.07, 6.45) is 8.10. The van der Waals surface area contributed by atoms with Crippen LogP contribution in [0.25, 0.3) is 10.8 Å². The summed E-state index contributed by atoms with van der Waals surface area (Å²) in [5.41, 5.74) is 1.29. The maximum absolute atomic E-state index is 11.1. The molecule has 0 atom stereocenters. The first-order valence-corrected chi connectivity index (χ1v) is 11.2. The number of carbonyl (C=O) groups is 1. The van der Waals surface area contributed by atoms with Gasteiger partial charge in [-0.25, -0.2) is 0 Å². The zero-order valence-electron chi connectivity index (χ0n) is 17.5. The second-order valence-electron chi connectivity index (χ2n) is 8.90. The molecule has 1 saturated carbocycles. The Balaban J connectivity index is 1.35. The van der Waals surface area contributed by atoms with Crippen LogP contribution in [0.2, 0.25) is 0 Å². The van der Waals surface area contributed by atoms with Crippen molar-refractivity contribution in [2.24, 2.45) is 11.8 Å². The number of likely N-dealkylation sites (tertiary alicyclic amines) is 1. The predicted octanol–water partition coefficient (Wildman–Crippen LogP) is 5.48. The minimum Gasteiger partial charge on any atom is -0.490 e. The first-order valence-electron chi connectivity index (χ1n) is 11.2. The molecular formula is C25H33NO3. The molecule has 2 fully saturated rings. The number of carboxylic acids is 1. The quantitative estimate of drug-likeness (QED) is 0.703. The Kier molecular flexibility index (Phi) is 6.39. The van der Waals surface area contributed by atoms with E-state index in [2.05, 4.69) is 48.2 Å². The van der Waals surface area contributed by atoms with Crippen molar-refractivity contribution in [2.75, 3.05) is 13.1 Å². The van der Waals surface area contributed by atoms with Crippen LogP contribution in [0.5, 0.6) is 5.75 Å². The molecule has 0 bridgehead atoms. The number of carboxylic acid groups (broad SMARTS) is 1. The van der Waals surface area contributed by atoms with Gasteiger partial charge in [0.05, 0.1) is 12.0 Å². The van der Waals surface area contributed by atoms with Gasteiger partial charge in [0.25, 0.3) is 0 Å². The van der Waals surface area contributed by atoms with Crippen LogP contribution in [0.3, 0.4) is 0 Å². The smallest absolute Gasteiger partial charge is 0.306 e. The van der Waals surface area contributed by atoms with Crippen molar-refractivity contribution in [2.45, 2.75) is 64.5 Å². The zero-order valence-corrected chi connectivity index (χ0v) is 17.5. The van der Waals surface area contributed by atoms with E-state index in [1.54, 1.807) is 0 Å². The Morgan fingerprint density at radius 3 is 2.38 bits per heavy atom. The van der Waals surface area contributed by atoms with Gasteiger partial charge in [0, 0.05) is 6.54 Å². The van der Waals surface area contributed by atoms with Gasteiger partial charge in [-0.05, 0) is 92.1 Å². The summed E-state index contributed by atoms with van der Waals surface area (Å²) >= 11 is 0. The highest BCUT2D eigenvalue weighted by Gasteiger charge is 2.24. The van der Waals surface area contributed by atoms with Crippen LogP contribution in [-0.2, 0) is 11.3 Å². The van der Waals surface area contributed by atoms with E-state index in [-0.39, 0.29) is 5.92 Å². The van der Waals surface area contributed by atoms with E-state index >= 15 is 0 Å². The SMILES string of the molecule is CCC1CCC(Oc2ccc3cc(CN4CCC(C(=O)O)CC4)ccc3c2)CC1. The molecule has 4 rings (SSSR count). The number of rotatable bonds is 6. The van der Waals surface area contributed by atoms with E-state index in [9.17, 15) is 4.79 Å². The van der Waals surface area contributed by atoms with Gasteiger partial charge in [0.15, 0.2) is 0 Å². The number of aliphatic carboxylic acids is 1. The predicted molar refractivity (Wildman–Crippen MR) is 116 cm³/mol. The summed E-state index contributed by atoms with van der Waals surface area (Å²) in [7, 11) is 0. The Labute approximate surface area is 173 Å². The van der Waals surface area contributed by atoms with Crippen molar-refractivity contribution in [3.05, 3.63) is 42.0 Å². The van der Waals surface area contributed by atoms with Crippen LogP contribution < -0.4 is 4.74 Å². The maximum atomic E-state index is 11.1. The number of nitrogens with zero attached hydrogens (tertiary/aromatic N) is 1. The van der Waals surface area contributed by atoms with Crippen LogP contribution in [0, 0.1) is 11.8 Å². The number of piperidine rings is 1. The normalized spacial score (nSPS) is 23.9. The molecule has 0 radical (unpaired) electrons. The lowest BCUT2D eigenvalue weighted by atomic mass is 9.86. The highest BCUT2D eigenvalue weighted by molar-refractivity contribution is 5.84. The number of hydrogen-bond donors (Lipinski definition) is 1. The van der Waals surface area contributed by atoms with E-state index in [1.807, 2.05) is 0 Å². The summed E-state index contributed by atoms with van der Waals surface area (Å²) in [5, 5.41) is 11.6. The Bertz CT molecular complexity index is 833. The molecular weight excluding hydrogens is 362 g/mol. The standard InChI is InChI=1S/C25H33NO3/c1-2-18-4-8-23(9-5-18)29-24-10-7-21-15-19(3-6-22(21)16-24)17-26-13-11-20(12-14-26)25(27)28/h3,6-7,10,15-16,18,20,23H,2,4-5,8-9,11-14,17H2,1H3,(H,27,28). The summed E-state index contributed by atoms with van der Waals surface area (Å²) in [5.74, 6) is 1.06. The molecule has 156 valence electrons. The fraction of sp³-hybridized carbons (Fsp3) is 0.560. The molecule has 1 heterocycles. The summed E-state index contributed by atoms with van der Waals surface area (Å²) in [4.78, 5) is 13.5. The van der Waals surface area contributed by atoms with Crippen molar-refractivity contribution < 1.29 is 14.6 Å². The summed E-state index contributed by atoms with van der Waals surface area (Å²) < 4.78 is 6.28. The van der Waals surface area contributed by atoms with Crippen molar-refractivity contribution in [1.82, 2.24) is 4.90 Å². The van der Waals surface area contributed by atoms with E-state index in [1.165, 1.54) is 48.4 Å². The van der Waals surface area contributed by atoms with Crippen LogP contribution in [0.1, 0.15) is 57.4 Å². The number of benzene rings is 2. The van der Waals surface area contributed by atoms with Gasteiger partial charge in [0.2, 0.25) is 0 Å². The van der Waals surface area contributed by atoms with Crippen LogP contribution >= 0.6 is 0 Å². The van der Waals surface area contributed by atoms with E-state index < -0.39 is 5.97 Å². The summed E-state index contributed by atoms with van der Waals surface area (Å²) in [6, 6.07) is 13.1. The summed E-state index contributed by atoms with van der Waals surface area (Å²) in [6.45, 7) is 4.91. The fourth-order valence-electron chi connectivity index (χ4n) is 4.89. The third-order valence-corrected chi connectivity index (χ3v) is 6.89. The first kappa shape index (κ1) is 20.2. The lowest BCUT2D eigenvalue weighted by Crippen LogP contribution is -2.35. The minimum atomic E-state index is -0.646. The van der Waals surface area contributed by atoms with Gasteiger partial charge in [-0.2, -0.15) is 0 Å². The molecule has 0 aromatic heterocycles.